The molecule has 0 aliphatic carbocycles. The molecule has 0 radical (unpaired) electrons. The third kappa shape index (κ3) is 4.31. The van der Waals surface area contributed by atoms with Gasteiger partial charge in [-0.2, -0.15) is 0 Å². The van der Waals surface area contributed by atoms with Gasteiger partial charge in [-0.25, -0.2) is 0 Å². The Balaban J connectivity index is 1.68. The second-order valence-electron chi connectivity index (χ2n) is 5.44. The molecule has 124 valence electrons. The highest BCUT2D eigenvalue weighted by Crippen LogP contribution is 2.17. The lowest BCUT2D eigenvalue weighted by atomic mass is 10.1. The van der Waals surface area contributed by atoms with Gasteiger partial charge < -0.3 is 15.2 Å². The van der Waals surface area contributed by atoms with E-state index >= 15 is 0 Å². The fourth-order valence-corrected chi connectivity index (χ4v) is 3.13. The van der Waals surface area contributed by atoms with E-state index in [1.807, 2.05) is 36.4 Å². The summed E-state index contributed by atoms with van der Waals surface area (Å²) in [4.78, 5) is 14.0. The summed E-state index contributed by atoms with van der Waals surface area (Å²) in [6, 6.07) is 15.1. The number of amides is 1. The smallest absolute Gasteiger partial charge is 0.247 e. The Morgan fingerprint density at radius 1 is 1.25 bits per heavy atom. The lowest BCUT2D eigenvalue weighted by Crippen LogP contribution is -2.34. The largest absolute Gasteiger partial charge is 0.360 e. The summed E-state index contributed by atoms with van der Waals surface area (Å²) in [6.07, 6.45) is 0.886. The summed E-state index contributed by atoms with van der Waals surface area (Å²) in [7, 11) is 0. The van der Waals surface area contributed by atoms with E-state index in [2.05, 4.69) is 27.2 Å². The van der Waals surface area contributed by atoms with Crippen LogP contribution in [0.2, 0.25) is 0 Å². The van der Waals surface area contributed by atoms with Crippen LogP contribution in [0, 0.1) is 6.92 Å². The van der Waals surface area contributed by atoms with E-state index < -0.39 is 6.04 Å². The van der Waals surface area contributed by atoms with Crippen molar-refractivity contribution in [1.82, 2.24) is 10.5 Å². The van der Waals surface area contributed by atoms with E-state index in [1.54, 1.807) is 24.3 Å². The second kappa shape index (κ2) is 7.90. The molecule has 5 nitrogen and oxygen atoms in total. The van der Waals surface area contributed by atoms with Crippen molar-refractivity contribution in [3.05, 3.63) is 70.1 Å². The minimum absolute atomic E-state index is 0.152. The van der Waals surface area contributed by atoms with Crippen molar-refractivity contribution in [3.63, 3.8) is 0 Å². The molecule has 1 aromatic carbocycles. The Morgan fingerprint density at radius 3 is 2.75 bits per heavy atom. The van der Waals surface area contributed by atoms with Gasteiger partial charge in [-0.3, -0.25) is 4.79 Å². The number of aromatic nitrogens is 1. The fraction of sp³-hybridized carbons (Fsp3) is 0.222. The molecule has 0 aliphatic rings. The number of thiophene rings is 1. The number of hydrogen-bond acceptors (Lipinski definition) is 5. The molecule has 0 spiro atoms. The topological polar surface area (TPSA) is 67.2 Å². The summed E-state index contributed by atoms with van der Waals surface area (Å²) in [5, 5.41) is 12.0. The molecule has 0 saturated carbocycles. The molecule has 0 fully saturated rings. The number of carbonyl (C=O) groups excluding carboxylic acids is 1. The molecule has 2 aromatic heterocycles. The molecule has 1 amide bonds. The van der Waals surface area contributed by atoms with Crippen molar-refractivity contribution >= 4 is 23.1 Å². The van der Waals surface area contributed by atoms with E-state index in [0.717, 1.165) is 12.0 Å². The number of nitrogens with zero attached hydrogens (tertiary/aromatic N) is 1. The maximum atomic E-state index is 12.7. The highest BCUT2D eigenvalue weighted by Gasteiger charge is 2.21. The molecule has 0 unspecified atom stereocenters. The number of hydrogen-bond donors (Lipinski definition) is 2. The predicted molar refractivity (Wildman–Crippen MR) is 95.1 cm³/mol. The Bertz CT molecular complexity index is 769. The predicted octanol–water partition coefficient (Wildman–Crippen LogP) is 3.56. The second-order valence-corrected chi connectivity index (χ2v) is 6.47. The van der Waals surface area contributed by atoms with Crippen molar-refractivity contribution in [2.24, 2.45) is 0 Å². The van der Waals surface area contributed by atoms with Gasteiger partial charge in [-0.1, -0.05) is 41.6 Å². The van der Waals surface area contributed by atoms with Gasteiger partial charge in [0.2, 0.25) is 5.91 Å². The molecule has 3 aromatic rings. The van der Waals surface area contributed by atoms with Crippen molar-refractivity contribution in [2.45, 2.75) is 19.4 Å². The number of aryl methyl sites for hydroxylation is 1. The van der Waals surface area contributed by atoms with E-state index in [9.17, 15) is 4.79 Å². The molecule has 6 heteroatoms. The van der Waals surface area contributed by atoms with Gasteiger partial charge in [-0.05, 0) is 30.4 Å². The first-order valence-corrected chi connectivity index (χ1v) is 8.65. The minimum atomic E-state index is -0.442. The number of carbonyl (C=O) groups is 1. The van der Waals surface area contributed by atoms with Crippen LogP contribution in [-0.4, -0.2) is 17.6 Å². The Labute approximate surface area is 144 Å². The number of anilines is 1. The Kier molecular flexibility index (Phi) is 5.40. The molecule has 0 saturated heterocycles. The number of rotatable bonds is 7. The van der Waals surface area contributed by atoms with Crippen molar-refractivity contribution in [3.8, 4) is 0 Å². The van der Waals surface area contributed by atoms with E-state index in [0.29, 0.717) is 18.1 Å². The number of nitrogens with one attached hydrogen (secondary N) is 2. The lowest BCUT2D eigenvalue weighted by molar-refractivity contribution is -0.118. The average molecular weight is 341 g/mol. The van der Waals surface area contributed by atoms with Crippen LogP contribution >= 0.6 is 11.3 Å². The first-order chi connectivity index (χ1) is 11.7. The molecule has 24 heavy (non-hydrogen) atoms. The van der Waals surface area contributed by atoms with Crippen molar-refractivity contribution in [2.75, 3.05) is 11.9 Å². The summed E-state index contributed by atoms with van der Waals surface area (Å²) in [5.74, 6) is 0.936. The van der Waals surface area contributed by atoms with Gasteiger partial charge >= 0.3 is 0 Å². The summed E-state index contributed by atoms with van der Waals surface area (Å²) in [5.41, 5.74) is 0.918. The molecule has 2 N–H and O–H groups in total. The molecule has 2 heterocycles. The highest BCUT2D eigenvalue weighted by molar-refractivity contribution is 7.09. The van der Waals surface area contributed by atoms with Crippen molar-refractivity contribution < 1.29 is 9.32 Å². The van der Waals surface area contributed by atoms with Gasteiger partial charge in [0.15, 0.2) is 5.82 Å². The standard InChI is InChI=1S/C18H19N3O2S/c1-13-12-16(21-23-13)20-18(22)17(14-6-3-2-4-7-14)19-10-9-15-8-5-11-24-15/h2-8,11-12,17,19H,9-10H2,1H3,(H,20,21,22)/t17-/m1/s1. The Morgan fingerprint density at radius 2 is 2.08 bits per heavy atom. The zero-order valence-electron chi connectivity index (χ0n) is 13.4. The van der Waals surface area contributed by atoms with Gasteiger partial charge in [0.1, 0.15) is 11.8 Å². The van der Waals surface area contributed by atoms with Crippen LogP contribution in [0.25, 0.3) is 0 Å². The third-order valence-corrected chi connectivity index (χ3v) is 4.51. The van der Waals surface area contributed by atoms with Gasteiger partial charge in [0.05, 0.1) is 0 Å². The zero-order chi connectivity index (χ0) is 16.8. The van der Waals surface area contributed by atoms with Crippen LogP contribution in [0.4, 0.5) is 5.82 Å². The quantitative estimate of drug-likeness (QED) is 0.689. The minimum Gasteiger partial charge on any atom is -0.360 e. The molecule has 3 rings (SSSR count). The summed E-state index contributed by atoms with van der Waals surface area (Å²) >= 11 is 1.72. The normalized spacial score (nSPS) is 12.0. The SMILES string of the molecule is Cc1cc(NC(=O)[C@H](NCCc2cccs2)c2ccccc2)no1. The molecular formula is C18H19N3O2S. The van der Waals surface area contributed by atoms with E-state index in [4.69, 9.17) is 4.52 Å². The summed E-state index contributed by atoms with van der Waals surface area (Å²) < 4.78 is 5.00. The Hall–Kier alpha value is -2.44. The maximum absolute atomic E-state index is 12.7. The van der Waals surface area contributed by atoms with Crippen molar-refractivity contribution in [1.29, 1.82) is 0 Å². The van der Waals surface area contributed by atoms with Gasteiger partial charge in [0, 0.05) is 17.5 Å². The highest BCUT2D eigenvalue weighted by atomic mass is 32.1. The molecule has 0 bridgehead atoms. The fourth-order valence-electron chi connectivity index (χ4n) is 2.43. The van der Waals surface area contributed by atoms with Crippen LogP contribution in [0.5, 0.6) is 0 Å². The lowest BCUT2D eigenvalue weighted by Gasteiger charge is -2.18. The monoisotopic (exact) mass is 341 g/mol. The van der Waals surface area contributed by atoms with Gasteiger partial charge in [-0.15, -0.1) is 11.3 Å². The van der Waals surface area contributed by atoms with Gasteiger partial charge in [0.25, 0.3) is 0 Å². The first-order valence-electron chi connectivity index (χ1n) is 7.77. The average Bonchev–Trinajstić information content (AvgIpc) is 3.24. The first kappa shape index (κ1) is 16.4. The van der Waals surface area contributed by atoms with E-state index in [1.165, 1.54) is 4.88 Å². The summed E-state index contributed by atoms with van der Waals surface area (Å²) in [6.45, 7) is 2.50. The van der Waals surface area contributed by atoms with Crippen LogP contribution in [0.15, 0.2) is 58.4 Å². The van der Waals surface area contributed by atoms with Crippen LogP contribution in [0.3, 0.4) is 0 Å². The van der Waals surface area contributed by atoms with Crippen LogP contribution in [0.1, 0.15) is 22.2 Å². The molecule has 0 aliphatic heterocycles. The maximum Gasteiger partial charge on any atom is 0.247 e. The molecule has 1 atom stereocenters. The molecular weight excluding hydrogens is 322 g/mol. The third-order valence-electron chi connectivity index (χ3n) is 3.57. The van der Waals surface area contributed by atoms with Crippen LogP contribution < -0.4 is 10.6 Å². The number of benzene rings is 1. The van der Waals surface area contributed by atoms with Crippen LogP contribution in [-0.2, 0) is 11.2 Å². The zero-order valence-corrected chi connectivity index (χ0v) is 14.2. The van der Waals surface area contributed by atoms with E-state index in [-0.39, 0.29) is 5.91 Å².